The zero-order valence-electron chi connectivity index (χ0n) is 12.3. The van der Waals surface area contributed by atoms with Crippen LogP contribution in [0.25, 0.3) is 0 Å². The van der Waals surface area contributed by atoms with Gasteiger partial charge in [-0.25, -0.2) is 8.42 Å². The van der Waals surface area contributed by atoms with Crippen molar-refractivity contribution in [3.05, 3.63) is 17.5 Å². The maximum absolute atomic E-state index is 12.2. The van der Waals surface area contributed by atoms with Gasteiger partial charge in [0.2, 0.25) is 0 Å². The standard InChI is InChI=1S/C13H21NO4S2/c1-9(2)11(12(15)18-13(3,4)5)14-20(16,17)10-7-6-8-19-10/h6-9,11,14H,1-5H3/t11-/m0/s1. The number of esters is 1. The molecule has 114 valence electrons. The van der Waals surface area contributed by atoms with Crippen LogP contribution >= 0.6 is 11.3 Å². The molecular formula is C13H21NO4S2. The first-order valence-corrected chi connectivity index (χ1v) is 8.68. The van der Waals surface area contributed by atoms with Crippen LogP contribution in [0.2, 0.25) is 0 Å². The average Bonchev–Trinajstić information content (AvgIpc) is 2.76. The molecular weight excluding hydrogens is 298 g/mol. The number of carbonyl (C=O) groups is 1. The summed E-state index contributed by atoms with van der Waals surface area (Å²) in [6, 6.07) is 2.25. The zero-order chi connectivity index (χ0) is 15.6. The summed E-state index contributed by atoms with van der Waals surface area (Å²) < 4.78 is 32.2. The van der Waals surface area contributed by atoms with Gasteiger partial charge in [0, 0.05) is 0 Å². The van der Waals surface area contributed by atoms with Crippen LogP contribution in [0.5, 0.6) is 0 Å². The minimum Gasteiger partial charge on any atom is -0.459 e. The normalized spacial score (nSPS) is 14.3. The van der Waals surface area contributed by atoms with Crippen molar-refractivity contribution < 1.29 is 17.9 Å². The molecule has 1 rings (SSSR count). The topological polar surface area (TPSA) is 72.5 Å². The molecule has 0 unspecified atom stereocenters. The van der Waals surface area contributed by atoms with Gasteiger partial charge >= 0.3 is 5.97 Å². The lowest BCUT2D eigenvalue weighted by Gasteiger charge is -2.26. The fraction of sp³-hybridized carbons (Fsp3) is 0.615. The first kappa shape index (κ1) is 17.1. The Balaban J connectivity index is 2.91. The van der Waals surface area contributed by atoms with E-state index in [1.807, 2.05) is 0 Å². The van der Waals surface area contributed by atoms with Gasteiger partial charge < -0.3 is 4.74 Å². The summed E-state index contributed by atoms with van der Waals surface area (Å²) in [5, 5.41) is 1.67. The molecule has 0 bridgehead atoms. The van der Waals surface area contributed by atoms with Crippen LogP contribution in [0, 0.1) is 5.92 Å². The molecule has 0 fully saturated rings. The molecule has 1 aromatic rings. The van der Waals surface area contributed by atoms with Gasteiger partial charge in [0.25, 0.3) is 10.0 Å². The van der Waals surface area contributed by atoms with Crippen LogP contribution in [-0.2, 0) is 19.6 Å². The highest BCUT2D eigenvalue weighted by molar-refractivity contribution is 7.91. The molecule has 0 aliphatic heterocycles. The molecule has 1 heterocycles. The summed E-state index contributed by atoms with van der Waals surface area (Å²) in [5.74, 6) is -0.771. The Labute approximate surface area is 124 Å². The van der Waals surface area contributed by atoms with Gasteiger partial charge in [0.05, 0.1) is 0 Å². The van der Waals surface area contributed by atoms with Crippen LogP contribution in [0.4, 0.5) is 0 Å². The second kappa shape index (κ2) is 6.24. The first-order chi connectivity index (χ1) is 9.03. The predicted octanol–water partition coefficient (Wildman–Crippen LogP) is 2.39. The van der Waals surface area contributed by atoms with Crippen molar-refractivity contribution in [2.24, 2.45) is 5.92 Å². The zero-order valence-corrected chi connectivity index (χ0v) is 14.0. The molecule has 1 N–H and O–H groups in total. The van der Waals surface area contributed by atoms with Gasteiger partial charge in [-0.15, -0.1) is 11.3 Å². The second-order valence-electron chi connectivity index (χ2n) is 5.81. The molecule has 1 atom stereocenters. The van der Waals surface area contributed by atoms with Crippen molar-refractivity contribution in [3.8, 4) is 0 Å². The number of hydrogen-bond acceptors (Lipinski definition) is 5. The number of rotatable bonds is 5. The largest absolute Gasteiger partial charge is 0.459 e. The van der Waals surface area contributed by atoms with Gasteiger partial charge in [-0.1, -0.05) is 19.9 Å². The minimum absolute atomic E-state index is 0.187. The molecule has 0 amide bonds. The Hall–Kier alpha value is -0.920. The maximum Gasteiger partial charge on any atom is 0.324 e. The Morgan fingerprint density at radius 1 is 1.35 bits per heavy atom. The van der Waals surface area contributed by atoms with Crippen molar-refractivity contribution in [2.45, 2.75) is 50.5 Å². The van der Waals surface area contributed by atoms with Crippen LogP contribution in [-0.4, -0.2) is 26.0 Å². The third-order valence-electron chi connectivity index (χ3n) is 2.37. The minimum atomic E-state index is -3.69. The van der Waals surface area contributed by atoms with E-state index in [1.165, 1.54) is 6.07 Å². The second-order valence-corrected chi connectivity index (χ2v) is 8.70. The van der Waals surface area contributed by atoms with E-state index in [0.717, 1.165) is 11.3 Å². The van der Waals surface area contributed by atoms with E-state index in [-0.39, 0.29) is 10.1 Å². The lowest BCUT2D eigenvalue weighted by atomic mass is 10.1. The summed E-state index contributed by atoms with van der Waals surface area (Å²) in [6.07, 6.45) is 0. The molecule has 0 radical (unpaired) electrons. The third-order valence-corrected chi connectivity index (χ3v) is 5.21. The average molecular weight is 319 g/mol. The Bertz CT molecular complexity index is 541. The van der Waals surface area contributed by atoms with E-state index >= 15 is 0 Å². The van der Waals surface area contributed by atoms with Crippen molar-refractivity contribution in [1.82, 2.24) is 4.72 Å². The molecule has 0 saturated carbocycles. The van der Waals surface area contributed by atoms with Gasteiger partial charge in [-0.05, 0) is 38.1 Å². The van der Waals surface area contributed by atoms with Crippen molar-refractivity contribution in [3.63, 3.8) is 0 Å². The van der Waals surface area contributed by atoms with Gasteiger partial charge in [0.1, 0.15) is 15.9 Å². The van der Waals surface area contributed by atoms with Crippen molar-refractivity contribution >= 4 is 27.3 Å². The number of ether oxygens (including phenoxy) is 1. The molecule has 5 nitrogen and oxygen atoms in total. The Morgan fingerprint density at radius 3 is 2.35 bits per heavy atom. The van der Waals surface area contributed by atoms with Gasteiger partial charge in [-0.3, -0.25) is 4.79 Å². The SMILES string of the molecule is CC(C)[C@H](NS(=O)(=O)c1cccs1)C(=O)OC(C)(C)C. The van der Waals surface area contributed by atoms with E-state index in [0.29, 0.717) is 0 Å². The molecule has 0 spiro atoms. The summed E-state index contributed by atoms with van der Waals surface area (Å²) in [4.78, 5) is 12.1. The lowest BCUT2D eigenvalue weighted by molar-refractivity contribution is -0.158. The summed E-state index contributed by atoms with van der Waals surface area (Å²) >= 11 is 1.11. The molecule has 7 heteroatoms. The molecule has 1 aromatic heterocycles. The van der Waals surface area contributed by atoms with Crippen LogP contribution < -0.4 is 4.72 Å². The number of nitrogens with one attached hydrogen (secondary N) is 1. The van der Waals surface area contributed by atoms with Crippen LogP contribution in [0.15, 0.2) is 21.7 Å². The number of carbonyl (C=O) groups excluding carboxylic acids is 1. The highest BCUT2D eigenvalue weighted by atomic mass is 32.2. The number of thiophene rings is 1. The van der Waals surface area contributed by atoms with Gasteiger partial charge in [0.15, 0.2) is 0 Å². The number of hydrogen-bond donors (Lipinski definition) is 1. The molecule has 0 saturated heterocycles. The summed E-state index contributed by atoms with van der Waals surface area (Å²) in [7, 11) is -3.69. The maximum atomic E-state index is 12.2. The third kappa shape index (κ3) is 4.88. The van der Waals surface area contributed by atoms with Crippen molar-refractivity contribution in [1.29, 1.82) is 0 Å². The van der Waals surface area contributed by atoms with E-state index in [9.17, 15) is 13.2 Å². The highest BCUT2D eigenvalue weighted by Crippen LogP contribution is 2.19. The molecule has 0 aliphatic carbocycles. The Kier molecular flexibility index (Phi) is 5.34. The number of sulfonamides is 1. The molecule has 0 aromatic carbocycles. The molecule has 20 heavy (non-hydrogen) atoms. The monoisotopic (exact) mass is 319 g/mol. The summed E-state index contributed by atoms with van der Waals surface area (Å²) in [6.45, 7) is 8.78. The van der Waals surface area contributed by atoms with E-state index in [1.54, 1.807) is 46.1 Å². The van der Waals surface area contributed by atoms with Gasteiger partial charge in [-0.2, -0.15) is 4.72 Å². The summed E-state index contributed by atoms with van der Waals surface area (Å²) in [5.41, 5.74) is -0.654. The fourth-order valence-electron chi connectivity index (χ4n) is 1.46. The van der Waals surface area contributed by atoms with E-state index in [2.05, 4.69) is 4.72 Å². The molecule has 0 aliphatic rings. The van der Waals surface area contributed by atoms with E-state index < -0.39 is 27.6 Å². The van der Waals surface area contributed by atoms with Crippen LogP contribution in [0.3, 0.4) is 0 Å². The van der Waals surface area contributed by atoms with Crippen molar-refractivity contribution in [2.75, 3.05) is 0 Å². The predicted molar refractivity (Wildman–Crippen MR) is 79.1 cm³/mol. The van der Waals surface area contributed by atoms with Crippen LogP contribution in [0.1, 0.15) is 34.6 Å². The smallest absolute Gasteiger partial charge is 0.324 e. The highest BCUT2D eigenvalue weighted by Gasteiger charge is 2.32. The first-order valence-electron chi connectivity index (χ1n) is 6.31. The Morgan fingerprint density at radius 2 is 1.95 bits per heavy atom. The quantitative estimate of drug-likeness (QED) is 0.846. The fourth-order valence-corrected chi connectivity index (χ4v) is 3.81. The van der Waals surface area contributed by atoms with E-state index in [4.69, 9.17) is 4.74 Å². The lowest BCUT2D eigenvalue weighted by Crippen LogP contribution is -2.47.